The van der Waals surface area contributed by atoms with Gasteiger partial charge in [0.05, 0.1) is 0 Å². The van der Waals surface area contributed by atoms with Crippen LogP contribution in [0.25, 0.3) is 5.32 Å². The largest absolute Gasteiger partial charge is 0.668 e. The van der Waals surface area contributed by atoms with Gasteiger partial charge in [0.25, 0.3) is 6.47 Å². The molecule has 3 nitrogen and oxygen atoms in total. The maximum atomic E-state index is 8.36. The normalized spacial score (nSPS) is 4.29. The maximum Gasteiger partial charge on any atom is 0.290 e. The average molecular weight is 155 g/mol. The molecular formula is C3H8NO2Zn-. The second kappa shape index (κ2) is 36.7. The molecule has 0 atom stereocenters. The molecule has 0 fully saturated rings. The Morgan fingerprint density at radius 1 is 1.57 bits per heavy atom. The van der Waals surface area contributed by atoms with Gasteiger partial charge in [0, 0.05) is 19.5 Å². The standard InChI is InChI=1S/C2H6N.CH2O2.Zn/c1-3-2;2-1-3;/h1-2H3;1H,(H,2,3);/q-1;;. The van der Waals surface area contributed by atoms with Gasteiger partial charge in [-0.05, 0) is 0 Å². The van der Waals surface area contributed by atoms with E-state index in [2.05, 4.69) is 5.32 Å². The molecule has 0 amide bonds. The zero-order chi connectivity index (χ0) is 5.41. The van der Waals surface area contributed by atoms with Gasteiger partial charge >= 0.3 is 0 Å². The first kappa shape index (κ1) is 15.7. The molecule has 0 unspecified atom stereocenters. The summed E-state index contributed by atoms with van der Waals surface area (Å²) in [6.07, 6.45) is 0. The number of hydrogen-bond acceptors (Lipinski definition) is 1. The Hall–Kier alpha value is 0.0534. The zero-order valence-electron chi connectivity index (χ0n) is 4.59. The van der Waals surface area contributed by atoms with Crippen LogP contribution in [0.2, 0.25) is 0 Å². The van der Waals surface area contributed by atoms with Crippen LogP contribution in [0.4, 0.5) is 0 Å². The van der Waals surface area contributed by atoms with Gasteiger partial charge in [-0.25, -0.2) is 0 Å². The summed E-state index contributed by atoms with van der Waals surface area (Å²) in [5.41, 5.74) is 0. The minimum atomic E-state index is -0.250. The third-order valence-electron chi connectivity index (χ3n) is 0. The summed E-state index contributed by atoms with van der Waals surface area (Å²) in [6, 6.07) is 0. The number of nitrogens with zero attached hydrogens (tertiary/aromatic N) is 1. The summed E-state index contributed by atoms with van der Waals surface area (Å²) in [5, 5.41) is 10.4. The van der Waals surface area contributed by atoms with Crippen molar-refractivity contribution in [2.24, 2.45) is 0 Å². The molecule has 4 heteroatoms. The molecule has 0 bridgehead atoms. The van der Waals surface area contributed by atoms with Crippen LogP contribution < -0.4 is 0 Å². The van der Waals surface area contributed by atoms with Crippen LogP contribution >= 0.6 is 0 Å². The van der Waals surface area contributed by atoms with Crippen molar-refractivity contribution in [3.63, 3.8) is 0 Å². The SMILES string of the molecule is C[N-]C.O=CO.[Zn]. The van der Waals surface area contributed by atoms with Crippen molar-refractivity contribution in [3.05, 3.63) is 5.32 Å². The molecule has 0 aromatic rings. The Kier molecular flexibility index (Phi) is 82.4. The van der Waals surface area contributed by atoms with Crippen molar-refractivity contribution in [2.45, 2.75) is 0 Å². The van der Waals surface area contributed by atoms with Crippen LogP contribution in [0.1, 0.15) is 0 Å². The van der Waals surface area contributed by atoms with Gasteiger partial charge < -0.3 is 10.4 Å². The van der Waals surface area contributed by atoms with Gasteiger partial charge in [-0.3, -0.25) is 4.79 Å². The van der Waals surface area contributed by atoms with Gasteiger partial charge in [0.1, 0.15) is 0 Å². The Morgan fingerprint density at radius 3 is 1.57 bits per heavy atom. The summed E-state index contributed by atoms with van der Waals surface area (Å²) >= 11 is 0. The fourth-order valence-electron chi connectivity index (χ4n) is 0. The molecule has 0 saturated carbocycles. The molecule has 0 aromatic heterocycles. The van der Waals surface area contributed by atoms with Crippen LogP contribution in [-0.4, -0.2) is 25.7 Å². The van der Waals surface area contributed by atoms with Gasteiger partial charge in [-0.15, -0.1) is 0 Å². The molecule has 0 saturated heterocycles. The fraction of sp³-hybridized carbons (Fsp3) is 0.667. The van der Waals surface area contributed by atoms with Crippen molar-refractivity contribution < 1.29 is 29.4 Å². The Morgan fingerprint density at radius 2 is 1.57 bits per heavy atom. The Balaban J connectivity index is -0.0000000400. The topological polar surface area (TPSA) is 51.4 Å². The van der Waals surface area contributed by atoms with Crippen LogP contribution in [0.3, 0.4) is 0 Å². The molecule has 0 heterocycles. The third-order valence-corrected chi connectivity index (χ3v) is 0. The van der Waals surface area contributed by atoms with Crippen molar-refractivity contribution in [1.82, 2.24) is 0 Å². The van der Waals surface area contributed by atoms with Crippen molar-refractivity contribution >= 4 is 6.47 Å². The van der Waals surface area contributed by atoms with E-state index >= 15 is 0 Å². The minimum Gasteiger partial charge on any atom is -0.668 e. The number of hydrogen-bond donors (Lipinski definition) is 1. The number of rotatable bonds is 0. The number of carbonyl (C=O) groups is 1. The summed E-state index contributed by atoms with van der Waals surface area (Å²) in [6.45, 7) is -0.250. The molecule has 0 aliphatic rings. The predicted molar refractivity (Wildman–Crippen MR) is 23.9 cm³/mol. The van der Waals surface area contributed by atoms with Crippen LogP contribution in [0.15, 0.2) is 0 Å². The molecule has 0 rings (SSSR count). The van der Waals surface area contributed by atoms with Crippen molar-refractivity contribution in [2.75, 3.05) is 14.1 Å². The second-order valence-corrected chi connectivity index (χ2v) is 0.553. The number of carboxylic acid groups (broad SMARTS) is 1. The summed E-state index contributed by atoms with van der Waals surface area (Å²) in [5.74, 6) is 0. The van der Waals surface area contributed by atoms with E-state index in [1.54, 1.807) is 14.1 Å². The first-order valence-electron chi connectivity index (χ1n) is 1.39. The van der Waals surface area contributed by atoms with Crippen molar-refractivity contribution in [1.29, 1.82) is 0 Å². The van der Waals surface area contributed by atoms with Crippen molar-refractivity contribution in [3.8, 4) is 0 Å². The molecule has 40 valence electrons. The quantitative estimate of drug-likeness (QED) is 0.405. The van der Waals surface area contributed by atoms with E-state index in [9.17, 15) is 0 Å². The summed E-state index contributed by atoms with van der Waals surface area (Å²) < 4.78 is 0. The van der Waals surface area contributed by atoms with Crippen LogP contribution in [0, 0.1) is 0 Å². The zero-order valence-corrected chi connectivity index (χ0v) is 7.55. The smallest absolute Gasteiger partial charge is 0.290 e. The summed E-state index contributed by atoms with van der Waals surface area (Å²) in [7, 11) is 3.50. The van der Waals surface area contributed by atoms with Crippen LogP contribution in [0.5, 0.6) is 0 Å². The monoisotopic (exact) mass is 154 g/mol. The minimum absolute atomic E-state index is 0. The van der Waals surface area contributed by atoms with E-state index in [0.717, 1.165) is 0 Å². The Labute approximate surface area is 55.9 Å². The Bertz CT molecular complexity index is 26.9. The van der Waals surface area contributed by atoms with Gasteiger partial charge in [0.15, 0.2) is 0 Å². The molecule has 0 radical (unpaired) electrons. The van der Waals surface area contributed by atoms with Crippen LogP contribution in [-0.2, 0) is 24.3 Å². The fourth-order valence-corrected chi connectivity index (χ4v) is 0. The first-order chi connectivity index (χ1) is 2.83. The molecule has 0 aromatic carbocycles. The van der Waals surface area contributed by atoms with E-state index in [4.69, 9.17) is 9.90 Å². The average Bonchev–Trinajstić information content (AvgIpc) is 1.39. The summed E-state index contributed by atoms with van der Waals surface area (Å²) in [4.78, 5) is 8.36. The van der Waals surface area contributed by atoms with E-state index in [1.807, 2.05) is 0 Å². The molecule has 0 aliphatic carbocycles. The molecule has 7 heavy (non-hydrogen) atoms. The van der Waals surface area contributed by atoms with E-state index in [0.29, 0.717) is 0 Å². The molecular weight excluding hydrogens is 147 g/mol. The predicted octanol–water partition coefficient (Wildman–Crippen LogP) is 0.318. The van der Waals surface area contributed by atoms with E-state index < -0.39 is 0 Å². The second-order valence-electron chi connectivity index (χ2n) is 0.553. The molecule has 0 spiro atoms. The third kappa shape index (κ3) is 34900. The maximum absolute atomic E-state index is 8.36. The van der Waals surface area contributed by atoms with E-state index in [1.165, 1.54) is 0 Å². The van der Waals surface area contributed by atoms with Gasteiger partial charge in [-0.2, -0.15) is 14.1 Å². The molecule has 0 aliphatic heterocycles. The molecule has 1 N–H and O–H groups in total. The van der Waals surface area contributed by atoms with Gasteiger partial charge in [0.2, 0.25) is 0 Å². The van der Waals surface area contributed by atoms with E-state index in [-0.39, 0.29) is 26.0 Å². The van der Waals surface area contributed by atoms with Gasteiger partial charge in [-0.1, -0.05) is 0 Å². The first-order valence-corrected chi connectivity index (χ1v) is 1.39.